The Morgan fingerprint density at radius 2 is 1.88 bits per heavy atom. The molecule has 9 nitrogen and oxygen atoms in total. The van der Waals surface area contributed by atoms with Gasteiger partial charge >= 0.3 is 0 Å². The van der Waals surface area contributed by atoms with Gasteiger partial charge in [0.2, 0.25) is 17.7 Å². The highest BCUT2D eigenvalue weighted by molar-refractivity contribution is 5.93. The fourth-order valence-electron chi connectivity index (χ4n) is 5.52. The van der Waals surface area contributed by atoms with Gasteiger partial charge in [0.1, 0.15) is 6.26 Å². The first-order valence-electron chi connectivity index (χ1n) is 12.1. The second-order valence-electron chi connectivity index (χ2n) is 10.2. The zero-order valence-corrected chi connectivity index (χ0v) is 19.5. The molecule has 5 rings (SSSR count). The monoisotopic (exact) mass is 455 g/mol. The zero-order valence-electron chi connectivity index (χ0n) is 19.5. The van der Waals surface area contributed by atoms with E-state index in [0.717, 1.165) is 51.7 Å². The summed E-state index contributed by atoms with van der Waals surface area (Å²) in [6.07, 6.45) is 7.87. The Balaban J connectivity index is 1.31. The van der Waals surface area contributed by atoms with E-state index < -0.39 is 0 Å². The van der Waals surface area contributed by atoms with Crippen LogP contribution in [0.1, 0.15) is 80.1 Å². The molecule has 1 spiro atoms. The number of rotatable bonds is 5. The topological polar surface area (TPSA) is 95.9 Å². The largest absolute Gasteiger partial charge is 0.472 e. The van der Waals surface area contributed by atoms with Gasteiger partial charge in [0, 0.05) is 38.6 Å². The first kappa shape index (κ1) is 22.1. The van der Waals surface area contributed by atoms with Crippen LogP contribution in [0.3, 0.4) is 0 Å². The lowest BCUT2D eigenvalue weighted by molar-refractivity contribution is -0.131. The van der Waals surface area contributed by atoms with E-state index in [2.05, 4.69) is 15.1 Å². The summed E-state index contributed by atoms with van der Waals surface area (Å²) in [5, 5.41) is 8.62. The molecule has 0 aliphatic carbocycles. The third kappa shape index (κ3) is 4.43. The van der Waals surface area contributed by atoms with Gasteiger partial charge in [0.25, 0.3) is 5.91 Å². The summed E-state index contributed by atoms with van der Waals surface area (Å²) in [6.45, 7) is 8.37. The second-order valence-corrected chi connectivity index (χ2v) is 10.2. The van der Waals surface area contributed by atoms with Crippen molar-refractivity contribution in [1.82, 2.24) is 24.9 Å². The molecule has 0 bridgehead atoms. The van der Waals surface area contributed by atoms with Crippen LogP contribution in [0.4, 0.5) is 0 Å². The van der Waals surface area contributed by atoms with Crippen molar-refractivity contribution < 1.29 is 18.4 Å². The van der Waals surface area contributed by atoms with Crippen LogP contribution in [0.2, 0.25) is 0 Å². The van der Waals surface area contributed by atoms with Gasteiger partial charge in [0.05, 0.1) is 24.4 Å². The van der Waals surface area contributed by atoms with Crippen molar-refractivity contribution in [2.24, 2.45) is 5.41 Å². The standard InChI is InChI=1S/C24H33N5O4/c1-17(2)21-25-26-22(33-21)19-13-24(16-29(19)14-20(30)27-8-3-4-9-27)6-10-28(11-7-24)23(31)18-5-12-32-15-18/h5,12,15,17,19H,3-4,6-11,13-14,16H2,1-2H3. The van der Waals surface area contributed by atoms with Crippen LogP contribution in [-0.2, 0) is 4.79 Å². The van der Waals surface area contributed by atoms with E-state index in [9.17, 15) is 9.59 Å². The van der Waals surface area contributed by atoms with Crippen molar-refractivity contribution in [3.63, 3.8) is 0 Å². The van der Waals surface area contributed by atoms with Gasteiger partial charge in [-0.05, 0) is 43.6 Å². The van der Waals surface area contributed by atoms with E-state index in [0.29, 0.717) is 37.0 Å². The normalized spacial score (nSPS) is 23.2. The molecular weight excluding hydrogens is 422 g/mol. The predicted octanol–water partition coefficient (Wildman–Crippen LogP) is 3.08. The van der Waals surface area contributed by atoms with Crippen LogP contribution in [0, 0.1) is 5.41 Å². The molecule has 3 saturated heterocycles. The first-order chi connectivity index (χ1) is 15.9. The molecule has 0 aromatic carbocycles. The Bertz CT molecular complexity index is 971. The summed E-state index contributed by atoms with van der Waals surface area (Å²) in [7, 11) is 0. The van der Waals surface area contributed by atoms with E-state index in [1.165, 1.54) is 12.5 Å². The summed E-state index contributed by atoms with van der Waals surface area (Å²) < 4.78 is 11.1. The molecule has 3 aliphatic rings. The minimum Gasteiger partial charge on any atom is -0.472 e. The quantitative estimate of drug-likeness (QED) is 0.684. The number of hydrogen-bond acceptors (Lipinski definition) is 7. The van der Waals surface area contributed by atoms with Gasteiger partial charge in [-0.3, -0.25) is 14.5 Å². The molecule has 2 amide bonds. The predicted molar refractivity (Wildman–Crippen MR) is 119 cm³/mol. The Morgan fingerprint density at radius 1 is 1.12 bits per heavy atom. The van der Waals surface area contributed by atoms with Crippen LogP contribution in [0.25, 0.3) is 0 Å². The van der Waals surface area contributed by atoms with E-state index in [-0.39, 0.29) is 29.2 Å². The molecule has 33 heavy (non-hydrogen) atoms. The van der Waals surface area contributed by atoms with Crippen molar-refractivity contribution >= 4 is 11.8 Å². The van der Waals surface area contributed by atoms with Gasteiger partial charge < -0.3 is 18.6 Å². The minimum absolute atomic E-state index is 0.0210. The maximum Gasteiger partial charge on any atom is 0.257 e. The highest BCUT2D eigenvalue weighted by Gasteiger charge is 2.49. The average molecular weight is 456 g/mol. The maximum absolute atomic E-state index is 13.0. The van der Waals surface area contributed by atoms with Gasteiger partial charge in [-0.1, -0.05) is 13.8 Å². The maximum atomic E-state index is 13.0. The molecular formula is C24H33N5O4. The van der Waals surface area contributed by atoms with E-state index in [1.807, 2.05) is 23.6 Å². The Labute approximate surface area is 194 Å². The van der Waals surface area contributed by atoms with Crippen molar-refractivity contribution in [2.45, 2.75) is 57.9 Å². The first-order valence-corrected chi connectivity index (χ1v) is 12.1. The summed E-state index contributed by atoms with van der Waals surface area (Å²) in [6, 6.07) is 1.65. The van der Waals surface area contributed by atoms with E-state index in [1.54, 1.807) is 6.07 Å². The zero-order chi connectivity index (χ0) is 23.0. The van der Waals surface area contributed by atoms with Crippen molar-refractivity contribution in [2.75, 3.05) is 39.3 Å². The number of carbonyl (C=O) groups is 2. The van der Waals surface area contributed by atoms with Crippen molar-refractivity contribution in [3.8, 4) is 0 Å². The molecule has 2 aromatic heterocycles. The lowest BCUT2D eigenvalue weighted by Crippen LogP contribution is -2.45. The second kappa shape index (κ2) is 8.93. The molecule has 2 aromatic rings. The van der Waals surface area contributed by atoms with Gasteiger partial charge in [-0.15, -0.1) is 10.2 Å². The number of furan rings is 1. The van der Waals surface area contributed by atoms with Crippen LogP contribution in [0.15, 0.2) is 27.4 Å². The molecule has 1 unspecified atom stereocenters. The molecule has 0 N–H and O–H groups in total. The third-order valence-electron chi connectivity index (χ3n) is 7.52. The van der Waals surface area contributed by atoms with E-state index in [4.69, 9.17) is 8.83 Å². The van der Waals surface area contributed by atoms with Crippen LogP contribution in [0.5, 0.6) is 0 Å². The number of hydrogen-bond donors (Lipinski definition) is 0. The fourth-order valence-corrected chi connectivity index (χ4v) is 5.52. The molecule has 9 heteroatoms. The minimum atomic E-state index is -0.0623. The Hall–Kier alpha value is -2.68. The third-order valence-corrected chi connectivity index (χ3v) is 7.52. The number of carbonyl (C=O) groups excluding carboxylic acids is 2. The number of amides is 2. The number of piperidine rings is 1. The van der Waals surface area contributed by atoms with Crippen LogP contribution < -0.4 is 0 Å². The summed E-state index contributed by atoms with van der Waals surface area (Å²) in [5.41, 5.74) is 0.635. The molecule has 3 fully saturated rings. The Kier molecular flexibility index (Phi) is 5.99. The van der Waals surface area contributed by atoms with Gasteiger partial charge in [-0.25, -0.2) is 0 Å². The molecule has 3 aliphatic heterocycles. The number of nitrogens with zero attached hydrogens (tertiary/aromatic N) is 5. The Morgan fingerprint density at radius 3 is 2.52 bits per heavy atom. The van der Waals surface area contributed by atoms with Crippen molar-refractivity contribution in [3.05, 3.63) is 35.9 Å². The van der Waals surface area contributed by atoms with Gasteiger partial charge in [0.15, 0.2) is 0 Å². The molecule has 178 valence electrons. The summed E-state index contributed by atoms with van der Waals surface area (Å²) >= 11 is 0. The number of likely N-dealkylation sites (tertiary alicyclic amines) is 3. The lowest BCUT2D eigenvalue weighted by atomic mass is 9.76. The van der Waals surface area contributed by atoms with Crippen molar-refractivity contribution in [1.29, 1.82) is 0 Å². The smallest absolute Gasteiger partial charge is 0.257 e. The summed E-state index contributed by atoms with van der Waals surface area (Å²) in [5.74, 6) is 1.62. The number of aromatic nitrogens is 2. The average Bonchev–Trinajstić information content (AvgIpc) is 3.61. The SMILES string of the molecule is CC(C)c1nnc(C2CC3(CCN(C(=O)c4ccoc4)CC3)CN2CC(=O)N2CCCC2)o1. The molecule has 1 atom stereocenters. The molecule has 0 radical (unpaired) electrons. The highest BCUT2D eigenvalue weighted by atomic mass is 16.4. The highest BCUT2D eigenvalue weighted by Crippen LogP contribution is 2.49. The summed E-state index contributed by atoms with van der Waals surface area (Å²) in [4.78, 5) is 31.9. The van der Waals surface area contributed by atoms with Crippen LogP contribution >= 0.6 is 0 Å². The van der Waals surface area contributed by atoms with E-state index >= 15 is 0 Å². The van der Waals surface area contributed by atoms with Gasteiger partial charge in [-0.2, -0.15) is 0 Å². The lowest BCUT2D eigenvalue weighted by Gasteiger charge is -2.39. The molecule has 0 saturated carbocycles. The fraction of sp³-hybridized carbons (Fsp3) is 0.667. The van der Waals surface area contributed by atoms with Crippen LogP contribution in [-0.4, -0.2) is 76.0 Å². The molecule has 5 heterocycles.